The lowest BCUT2D eigenvalue weighted by Crippen LogP contribution is -1.92. The molecule has 3 nitrogen and oxygen atoms in total. The van der Waals surface area contributed by atoms with Crippen molar-refractivity contribution in [1.82, 2.24) is 4.57 Å². The molecule has 11 rings (SSSR count). The van der Waals surface area contributed by atoms with Crippen molar-refractivity contribution < 1.29 is 4.42 Å². The summed E-state index contributed by atoms with van der Waals surface area (Å²) < 4.78 is 8.83. The zero-order valence-electron chi connectivity index (χ0n) is 29.9. The van der Waals surface area contributed by atoms with E-state index in [1.54, 1.807) is 0 Å². The number of benzene rings is 9. The van der Waals surface area contributed by atoms with Crippen LogP contribution in [0.1, 0.15) is 0 Å². The molecule has 0 atom stereocenters. The van der Waals surface area contributed by atoms with Gasteiger partial charge in [-0.2, -0.15) is 0 Å². The van der Waals surface area contributed by atoms with Gasteiger partial charge in [-0.1, -0.05) is 140 Å². The van der Waals surface area contributed by atoms with Crippen LogP contribution in [0.2, 0.25) is 0 Å². The summed E-state index contributed by atoms with van der Waals surface area (Å²) in [5.74, 6) is 0. The highest BCUT2D eigenvalue weighted by Gasteiger charge is 2.16. The first kappa shape index (κ1) is 31.2. The number of para-hydroxylation sites is 3. The van der Waals surface area contributed by atoms with Crippen molar-refractivity contribution >= 4 is 65.9 Å². The Morgan fingerprint density at radius 2 is 0.982 bits per heavy atom. The molecule has 1 N–H and O–H groups in total. The Morgan fingerprint density at radius 3 is 1.80 bits per heavy atom. The number of furan rings is 1. The number of anilines is 2. The number of hydrogen-bond donors (Lipinski definition) is 1. The average Bonchev–Trinajstić information content (AvgIpc) is 3.81. The third kappa shape index (κ3) is 5.28. The first-order chi connectivity index (χ1) is 27.2. The number of rotatable bonds is 6. The van der Waals surface area contributed by atoms with Gasteiger partial charge in [0.1, 0.15) is 5.58 Å². The maximum atomic E-state index is 6.47. The first-order valence-electron chi connectivity index (χ1n) is 18.8. The first-order valence-corrected chi connectivity index (χ1v) is 18.8. The summed E-state index contributed by atoms with van der Waals surface area (Å²) in [5, 5.41) is 10.9. The molecule has 0 saturated heterocycles. The van der Waals surface area contributed by atoms with Gasteiger partial charge >= 0.3 is 0 Å². The molecule has 258 valence electrons. The second-order valence-electron chi connectivity index (χ2n) is 14.2. The van der Waals surface area contributed by atoms with Crippen molar-refractivity contribution in [3.63, 3.8) is 0 Å². The van der Waals surface area contributed by atoms with Crippen LogP contribution in [0, 0.1) is 0 Å². The molecule has 0 aliphatic carbocycles. The zero-order valence-corrected chi connectivity index (χ0v) is 29.9. The van der Waals surface area contributed by atoms with Crippen molar-refractivity contribution in [3.8, 4) is 39.1 Å². The zero-order chi connectivity index (χ0) is 36.3. The fraction of sp³-hybridized carbons (Fsp3) is 0. The monoisotopic (exact) mass is 702 g/mol. The Hall–Kier alpha value is -7.36. The molecule has 11 aromatic rings. The third-order valence-electron chi connectivity index (χ3n) is 10.9. The molecule has 0 aliphatic heterocycles. The smallest absolute Gasteiger partial charge is 0.159 e. The summed E-state index contributed by atoms with van der Waals surface area (Å²) in [4.78, 5) is 0. The predicted octanol–water partition coefficient (Wildman–Crippen LogP) is 14.6. The van der Waals surface area contributed by atoms with E-state index < -0.39 is 0 Å². The van der Waals surface area contributed by atoms with Gasteiger partial charge in [0.2, 0.25) is 0 Å². The van der Waals surface area contributed by atoms with E-state index in [9.17, 15) is 0 Å². The highest BCUT2D eigenvalue weighted by atomic mass is 16.3. The fourth-order valence-corrected chi connectivity index (χ4v) is 8.34. The highest BCUT2D eigenvalue weighted by Crippen LogP contribution is 2.41. The van der Waals surface area contributed by atoms with E-state index in [1.807, 2.05) is 12.1 Å². The number of nitrogens with zero attached hydrogens (tertiary/aromatic N) is 1. The molecule has 3 heteroatoms. The average molecular weight is 703 g/mol. The molecule has 0 unspecified atom stereocenters. The molecule has 0 amide bonds. The molecule has 0 spiro atoms. The van der Waals surface area contributed by atoms with Crippen molar-refractivity contribution in [2.45, 2.75) is 0 Å². The van der Waals surface area contributed by atoms with Gasteiger partial charge in [0, 0.05) is 32.9 Å². The Labute approximate surface area is 318 Å². The molecule has 0 aliphatic rings. The predicted molar refractivity (Wildman–Crippen MR) is 232 cm³/mol. The second kappa shape index (κ2) is 12.6. The number of fused-ring (bicyclic) bond motifs is 8. The van der Waals surface area contributed by atoms with E-state index >= 15 is 0 Å². The van der Waals surface area contributed by atoms with Crippen molar-refractivity contribution in [1.29, 1.82) is 0 Å². The van der Waals surface area contributed by atoms with Gasteiger partial charge in [-0.15, -0.1) is 0 Å². The molecule has 2 aromatic heterocycles. The lowest BCUT2D eigenvalue weighted by molar-refractivity contribution is 0.670. The Kier molecular flexibility index (Phi) is 7.17. The van der Waals surface area contributed by atoms with E-state index in [-0.39, 0.29) is 0 Å². The Morgan fingerprint density at radius 1 is 0.382 bits per heavy atom. The maximum Gasteiger partial charge on any atom is 0.159 e. The summed E-state index contributed by atoms with van der Waals surface area (Å²) >= 11 is 0. The topological polar surface area (TPSA) is 30.1 Å². The standard InChI is InChI=1S/C52H34N2O/c1-2-17-42(18-3-1)54-48-22-8-6-20-44(48)46-32-39(28-29-49(46)54)35-26-24-34(25-27-35)36-13-10-14-37(30-36)38-15-11-16-41(31-38)53-47-33-40-12-4-5-19-43(40)51-45-21-7-9-23-50(45)55-52(47)51/h1-33,53H. The van der Waals surface area contributed by atoms with Gasteiger partial charge in [-0.05, 0) is 105 Å². The van der Waals surface area contributed by atoms with Crippen LogP contribution in [0.3, 0.4) is 0 Å². The van der Waals surface area contributed by atoms with Gasteiger partial charge in [-0.25, -0.2) is 0 Å². The molecule has 0 fully saturated rings. The maximum absolute atomic E-state index is 6.47. The van der Waals surface area contributed by atoms with Gasteiger partial charge in [-0.3, -0.25) is 0 Å². The van der Waals surface area contributed by atoms with Crippen LogP contribution >= 0.6 is 0 Å². The van der Waals surface area contributed by atoms with Crippen molar-refractivity contribution in [3.05, 3.63) is 200 Å². The molecule has 0 saturated carbocycles. The van der Waals surface area contributed by atoms with Gasteiger partial charge in [0.25, 0.3) is 0 Å². The third-order valence-corrected chi connectivity index (χ3v) is 10.9. The van der Waals surface area contributed by atoms with Crippen molar-refractivity contribution in [2.24, 2.45) is 0 Å². The van der Waals surface area contributed by atoms with Crippen LogP contribution in [0.4, 0.5) is 11.4 Å². The number of hydrogen-bond acceptors (Lipinski definition) is 2. The van der Waals surface area contributed by atoms with E-state index in [1.165, 1.54) is 60.5 Å². The number of aromatic nitrogens is 1. The molecule has 2 heterocycles. The largest absolute Gasteiger partial charge is 0.454 e. The Bertz CT molecular complexity index is 3220. The lowest BCUT2D eigenvalue weighted by atomic mass is 9.96. The van der Waals surface area contributed by atoms with E-state index in [2.05, 4.69) is 198 Å². The van der Waals surface area contributed by atoms with Gasteiger partial charge in [0.05, 0.1) is 16.7 Å². The fourth-order valence-electron chi connectivity index (χ4n) is 8.34. The molecule has 55 heavy (non-hydrogen) atoms. The van der Waals surface area contributed by atoms with Crippen LogP contribution in [0.15, 0.2) is 205 Å². The quantitative estimate of drug-likeness (QED) is 0.187. The van der Waals surface area contributed by atoms with Crippen LogP contribution < -0.4 is 5.32 Å². The minimum atomic E-state index is 0.870. The van der Waals surface area contributed by atoms with Crippen LogP contribution in [-0.4, -0.2) is 4.57 Å². The molecule has 0 bridgehead atoms. The second-order valence-corrected chi connectivity index (χ2v) is 14.2. The Balaban J connectivity index is 0.905. The molecular formula is C52H34N2O. The summed E-state index contributed by atoms with van der Waals surface area (Å²) in [6, 6.07) is 71.6. The molecule has 9 aromatic carbocycles. The minimum Gasteiger partial charge on any atom is -0.454 e. The SMILES string of the molecule is c1ccc(-n2c3ccccc3c3cc(-c4ccc(-c5cccc(-c6cccc(Nc7cc8ccccc8c8c7oc7ccccc78)c6)c5)cc4)ccc32)cc1. The van der Waals surface area contributed by atoms with E-state index in [0.717, 1.165) is 44.4 Å². The number of nitrogens with one attached hydrogen (secondary N) is 1. The van der Waals surface area contributed by atoms with Gasteiger partial charge < -0.3 is 14.3 Å². The summed E-state index contributed by atoms with van der Waals surface area (Å²) in [5.41, 5.74) is 14.4. The highest BCUT2D eigenvalue weighted by molar-refractivity contribution is 6.22. The lowest BCUT2D eigenvalue weighted by Gasteiger charge is -2.12. The van der Waals surface area contributed by atoms with E-state index in [0.29, 0.717) is 0 Å². The van der Waals surface area contributed by atoms with Crippen molar-refractivity contribution in [2.75, 3.05) is 5.32 Å². The molecule has 0 radical (unpaired) electrons. The summed E-state index contributed by atoms with van der Waals surface area (Å²) in [7, 11) is 0. The minimum absolute atomic E-state index is 0.870. The summed E-state index contributed by atoms with van der Waals surface area (Å²) in [6.07, 6.45) is 0. The van der Waals surface area contributed by atoms with Gasteiger partial charge in [0.15, 0.2) is 5.58 Å². The molecular weight excluding hydrogens is 669 g/mol. The van der Waals surface area contributed by atoms with Crippen LogP contribution in [0.25, 0.3) is 93.6 Å². The normalized spacial score (nSPS) is 11.6. The summed E-state index contributed by atoms with van der Waals surface area (Å²) in [6.45, 7) is 0. The van der Waals surface area contributed by atoms with Crippen LogP contribution in [-0.2, 0) is 0 Å². The van der Waals surface area contributed by atoms with E-state index in [4.69, 9.17) is 4.42 Å². The van der Waals surface area contributed by atoms with Crippen LogP contribution in [0.5, 0.6) is 0 Å².